The Morgan fingerprint density at radius 1 is 1.22 bits per heavy atom. The number of pyridine rings is 2. The van der Waals surface area contributed by atoms with E-state index < -0.39 is 5.41 Å². The molecule has 1 amide bonds. The van der Waals surface area contributed by atoms with Gasteiger partial charge in [0.25, 0.3) is 5.91 Å². The molecule has 4 heterocycles. The van der Waals surface area contributed by atoms with Crippen LogP contribution in [0.3, 0.4) is 0 Å². The monoisotopic (exact) mass is 365 g/mol. The molecule has 0 aliphatic carbocycles. The Kier molecular flexibility index (Phi) is 4.02. The van der Waals surface area contributed by atoms with Crippen molar-refractivity contribution in [3.05, 3.63) is 65.5 Å². The molecule has 0 bridgehead atoms. The first-order valence-corrected chi connectivity index (χ1v) is 8.89. The van der Waals surface area contributed by atoms with Crippen LogP contribution in [-0.2, 0) is 17.8 Å². The molecule has 3 aromatic rings. The summed E-state index contributed by atoms with van der Waals surface area (Å²) < 4.78 is 15.1. The van der Waals surface area contributed by atoms with E-state index in [1.807, 2.05) is 32.9 Å². The normalized spacial score (nSPS) is 16.2. The fraction of sp³-hybridized carbons (Fsp3) is 0.300. The lowest BCUT2D eigenvalue weighted by Gasteiger charge is -2.19. The summed E-state index contributed by atoms with van der Waals surface area (Å²) in [6.45, 7) is 6.07. The standard InChI is InChI=1S/C20H20FN5O/c1-4-15-17(16-8-7-14(21)12-25(16)23-15)18-20(2,3)19(27)26(24-18)11-13-6-5-9-22-10-13/h5-10,12H,4,11H2,1-3H3. The number of hydrogen-bond acceptors (Lipinski definition) is 4. The van der Waals surface area contributed by atoms with E-state index in [2.05, 4.69) is 15.2 Å². The predicted octanol–water partition coefficient (Wildman–Crippen LogP) is 3.20. The lowest BCUT2D eigenvalue weighted by molar-refractivity contribution is -0.135. The maximum absolute atomic E-state index is 13.6. The Balaban J connectivity index is 1.83. The number of nitrogens with zero attached hydrogens (tertiary/aromatic N) is 5. The van der Waals surface area contributed by atoms with Crippen LogP contribution in [0.5, 0.6) is 0 Å². The zero-order valence-corrected chi connectivity index (χ0v) is 15.5. The van der Waals surface area contributed by atoms with Gasteiger partial charge < -0.3 is 0 Å². The number of carbonyl (C=O) groups excluding carboxylic acids is 1. The summed E-state index contributed by atoms with van der Waals surface area (Å²) in [5.74, 6) is -0.439. The van der Waals surface area contributed by atoms with Crippen molar-refractivity contribution in [2.75, 3.05) is 0 Å². The topological polar surface area (TPSA) is 62.9 Å². The fourth-order valence-corrected chi connectivity index (χ4v) is 3.43. The van der Waals surface area contributed by atoms with E-state index in [1.165, 1.54) is 21.8 Å². The van der Waals surface area contributed by atoms with Gasteiger partial charge in [0.15, 0.2) is 0 Å². The van der Waals surface area contributed by atoms with Gasteiger partial charge in [0.1, 0.15) is 5.82 Å². The quantitative estimate of drug-likeness (QED) is 0.713. The van der Waals surface area contributed by atoms with Crippen LogP contribution >= 0.6 is 0 Å². The van der Waals surface area contributed by atoms with E-state index >= 15 is 0 Å². The number of hydrazone groups is 1. The van der Waals surface area contributed by atoms with E-state index in [0.717, 1.165) is 22.3 Å². The number of aromatic nitrogens is 3. The van der Waals surface area contributed by atoms with Crippen molar-refractivity contribution in [1.82, 2.24) is 19.6 Å². The van der Waals surface area contributed by atoms with Crippen LogP contribution in [-0.4, -0.2) is 31.2 Å². The molecule has 0 radical (unpaired) electrons. The summed E-state index contributed by atoms with van der Waals surface area (Å²) >= 11 is 0. The number of halogens is 1. The molecule has 138 valence electrons. The molecule has 0 N–H and O–H groups in total. The van der Waals surface area contributed by atoms with Crippen LogP contribution in [0.1, 0.15) is 37.6 Å². The first kappa shape index (κ1) is 17.3. The summed E-state index contributed by atoms with van der Waals surface area (Å²) in [5.41, 5.74) is 3.12. The second-order valence-electron chi connectivity index (χ2n) is 7.15. The van der Waals surface area contributed by atoms with E-state index in [9.17, 15) is 9.18 Å². The van der Waals surface area contributed by atoms with E-state index in [0.29, 0.717) is 18.7 Å². The summed E-state index contributed by atoms with van der Waals surface area (Å²) in [4.78, 5) is 17.1. The fourth-order valence-electron chi connectivity index (χ4n) is 3.43. The minimum absolute atomic E-state index is 0.0788. The third-order valence-electron chi connectivity index (χ3n) is 4.87. The third kappa shape index (κ3) is 2.79. The second kappa shape index (κ2) is 6.26. The van der Waals surface area contributed by atoms with Gasteiger partial charge in [0, 0.05) is 18.0 Å². The molecule has 0 aromatic carbocycles. The van der Waals surface area contributed by atoms with Gasteiger partial charge in [-0.25, -0.2) is 13.9 Å². The molecular weight excluding hydrogens is 345 g/mol. The van der Waals surface area contributed by atoms with Crippen molar-refractivity contribution >= 4 is 17.1 Å². The minimum Gasteiger partial charge on any atom is -0.272 e. The van der Waals surface area contributed by atoms with Gasteiger partial charge in [0.2, 0.25) is 0 Å². The average Bonchev–Trinajstić information content (AvgIpc) is 3.11. The average molecular weight is 365 g/mol. The molecule has 0 saturated heterocycles. The minimum atomic E-state index is -0.802. The number of fused-ring (bicyclic) bond motifs is 1. The highest BCUT2D eigenvalue weighted by Crippen LogP contribution is 2.35. The van der Waals surface area contributed by atoms with Gasteiger partial charge in [0.05, 0.1) is 35.1 Å². The molecule has 6 nitrogen and oxygen atoms in total. The number of hydrogen-bond donors (Lipinski definition) is 0. The SMILES string of the molecule is CCc1nn2cc(F)ccc2c1C1=NN(Cc2cccnc2)C(=O)C1(C)C. The zero-order valence-electron chi connectivity index (χ0n) is 15.5. The number of aryl methyl sites for hydroxylation is 1. The lowest BCUT2D eigenvalue weighted by atomic mass is 9.82. The Hall–Kier alpha value is -3.09. The van der Waals surface area contributed by atoms with Crippen molar-refractivity contribution in [2.24, 2.45) is 10.5 Å². The third-order valence-corrected chi connectivity index (χ3v) is 4.87. The molecular formula is C20H20FN5O. The lowest BCUT2D eigenvalue weighted by Crippen LogP contribution is -2.35. The van der Waals surface area contributed by atoms with E-state index in [1.54, 1.807) is 18.5 Å². The number of amides is 1. The molecule has 27 heavy (non-hydrogen) atoms. The van der Waals surface area contributed by atoms with Gasteiger partial charge >= 0.3 is 0 Å². The Morgan fingerprint density at radius 2 is 2.04 bits per heavy atom. The van der Waals surface area contributed by atoms with Gasteiger partial charge in [-0.15, -0.1) is 0 Å². The predicted molar refractivity (Wildman–Crippen MR) is 99.6 cm³/mol. The smallest absolute Gasteiger partial charge is 0.254 e. The van der Waals surface area contributed by atoms with Crippen LogP contribution < -0.4 is 0 Å². The Bertz CT molecular complexity index is 1050. The van der Waals surface area contributed by atoms with Gasteiger partial charge in [-0.3, -0.25) is 9.78 Å². The summed E-state index contributed by atoms with van der Waals surface area (Å²) in [6, 6.07) is 6.83. The van der Waals surface area contributed by atoms with Crippen LogP contribution in [0.2, 0.25) is 0 Å². The van der Waals surface area contributed by atoms with Gasteiger partial charge in [-0.05, 0) is 44.0 Å². The van der Waals surface area contributed by atoms with Crippen molar-refractivity contribution in [1.29, 1.82) is 0 Å². The molecule has 3 aromatic heterocycles. The maximum atomic E-state index is 13.6. The van der Waals surface area contributed by atoms with Crippen molar-refractivity contribution in [3.8, 4) is 0 Å². The van der Waals surface area contributed by atoms with Crippen molar-refractivity contribution < 1.29 is 9.18 Å². The van der Waals surface area contributed by atoms with Crippen molar-refractivity contribution in [3.63, 3.8) is 0 Å². The molecule has 4 rings (SSSR count). The highest BCUT2D eigenvalue weighted by atomic mass is 19.1. The molecule has 0 atom stereocenters. The first-order chi connectivity index (χ1) is 12.9. The van der Waals surface area contributed by atoms with Gasteiger partial charge in [-0.2, -0.15) is 10.2 Å². The number of carbonyl (C=O) groups is 1. The highest BCUT2D eigenvalue weighted by Gasteiger charge is 2.45. The largest absolute Gasteiger partial charge is 0.272 e. The van der Waals surface area contributed by atoms with Crippen LogP contribution in [0, 0.1) is 11.2 Å². The van der Waals surface area contributed by atoms with E-state index in [4.69, 9.17) is 0 Å². The second-order valence-corrected chi connectivity index (χ2v) is 7.15. The Morgan fingerprint density at radius 3 is 2.74 bits per heavy atom. The zero-order chi connectivity index (χ0) is 19.2. The Labute approximate surface area is 156 Å². The molecule has 1 aliphatic rings. The van der Waals surface area contributed by atoms with Gasteiger partial charge in [-0.1, -0.05) is 13.0 Å². The molecule has 0 saturated carbocycles. The first-order valence-electron chi connectivity index (χ1n) is 8.89. The van der Waals surface area contributed by atoms with Crippen LogP contribution in [0.25, 0.3) is 5.52 Å². The molecule has 0 spiro atoms. The maximum Gasteiger partial charge on any atom is 0.254 e. The molecule has 7 heteroatoms. The molecule has 1 aliphatic heterocycles. The molecule has 0 fully saturated rings. The van der Waals surface area contributed by atoms with E-state index in [-0.39, 0.29) is 11.7 Å². The molecule has 0 unspecified atom stereocenters. The number of rotatable bonds is 4. The van der Waals surface area contributed by atoms with Crippen LogP contribution in [0.15, 0.2) is 48.0 Å². The summed E-state index contributed by atoms with van der Waals surface area (Å²) in [6.07, 6.45) is 5.42. The van der Waals surface area contributed by atoms with Crippen LogP contribution in [0.4, 0.5) is 4.39 Å². The van der Waals surface area contributed by atoms with Crippen molar-refractivity contribution in [2.45, 2.75) is 33.7 Å². The highest BCUT2D eigenvalue weighted by molar-refractivity contribution is 6.22. The summed E-state index contributed by atoms with van der Waals surface area (Å²) in [5, 5.41) is 10.6. The summed E-state index contributed by atoms with van der Waals surface area (Å²) in [7, 11) is 0.